The second-order valence-electron chi connectivity index (χ2n) is 5.65. The molecule has 0 spiro atoms. The first kappa shape index (κ1) is 16.4. The molecule has 0 bridgehead atoms. The number of nitrogens with zero attached hydrogens (tertiary/aromatic N) is 2. The third-order valence-corrected chi connectivity index (χ3v) is 2.86. The molecule has 1 aromatic rings. The van der Waals surface area contributed by atoms with Gasteiger partial charge in [0, 0.05) is 18.7 Å². The van der Waals surface area contributed by atoms with Crippen molar-refractivity contribution in [3.8, 4) is 0 Å². The maximum Gasteiger partial charge on any atom is 0.272 e. The predicted octanol–water partition coefficient (Wildman–Crippen LogP) is 3.12. The summed E-state index contributed by atoms with van der Waals surface area (Å²) >= 11 is 0. The number of anilines is 1. The smallest absolute Gasteiger partial charge is 0.272 e. The highest BCUT2D eigenvalue weighted by Crippen LogP contribution is 2.22. The van der Waals surface area contributed by atoms with Crippen molar-refractivity contribution < 1.29 is 9.31 Å². The van der Waals surface area contributed by atoms with E-state index in [1.54, 1.807) is 0 Å². The Balaban J connectivity index is 2.84. The number of nitro benzene ring substituents is 1. The molecule has 0 aromatic heterocycles. The van der Waals surface area contributed by atoms with Gasteiger partial charge in [-0.1, -0.05) is 13.8 Å². The Labute approximate surface area is 118 Å². The normalized spacial score (nSPS) is 12.8. The molecule has 20 heavy (non-hydrogen) atoms. The van der Waals surface area contributed by atoms with Crippen LogP contribution in [0.2, 0.25) is 0 Å². The summed E-state index contributed by atoms with van der Waals surface area (Å²) in [5.74, 6) is -0.111. The molecule has 112 valence electrons. The number of hydrogen-bond acceptors (Lipinski definition) is 4. The lowest BCUT2D eigenvalue weighted by atomic mass is 10.0. The number of rotatable bonds is 7. The van der Waals surface area contributed by atoms with Crippen LogP contribution in [0.15, 0.2) is 18.2 Å². The molecule has 1 unspecified atom stereocenters. The summed E-state index contributed by atoms with van der Waals surface area (Å²) in [4.78, 5) is 12.0. The summed E-state index contributed by atoms with van der Waals surface area (Å²) in [5, 5.41) is 13.7. The van der Waals surface area contributed by atoms with Gasteiger partial charge in [-0.3, -0.25) is 10.1 Å². The highest BCUT2D eigenvalue weighted by atomic mass is 19.1. The fraction of sp³-hybridized carbons (Fsp3) is 0.571. The van der Waals surface area contributed by atoms with Gasteiger partial charge in [0.15, 0.2) is 5.82 Å². The van der Waals surface area contributed by atoms with Crippen LogP contribution >= 0.6 is 0 Å². The molecule has 0 aliphatic heterocycles. The van der Waals surface area contributed by atoms with Crippen molar-refractivity contribution in [2.45, 2.75) is 26.3 Å². The maximum absolute atomic E-state index is 13.9. The maximum atomic E-state index is 13.9. The molecular formula is C14H22FN3O2. The number of non-ortho nitro benzene ring substituents is 1. The molecule has 0 fully saturated rings. The van der Waals surface area contributed by atoms with Crippen LogP contribution in [0, 0.1) is 21.8 Å². The Morgan fingerprint density at radius 3 is 2.50 bits per heavy atom. The Bertz CT molecular complexity index is 454. The Morgan fingerprint density at radius 1 is 1.40 bits per heavy atom. The summed E-state index contributed by atoms with van der Waals surface area (Å²) in [5.41, 5.74) is 0.0733. The summed E-state index contributed by atoms with van der Waals surface area (Å²) in [6.07, 6.45) is 0.897. The van der Waals surface area contributed by atoms with Crippen LogP contribution in [-0.4, -0.2) is 36.5 Å². The first-order valence-corrected chi connectivity index (χ1v) is 6.64. The average molecular weight is 283 g/mol. The van der Waals surface area contributed by atoms with Gasteiger partial charge in [0.2, 0.25) is 0 Å². The number of likely N-dealkylation sites (N-methyl/N-ethyl adjacent to an activating group) is 1. The minimum Gasteiger partial charge on any atom is -0.379 e. The van der Waals surface area contributed by atoms with E-state index >= 15 is 0 Å². The molecule has 1 rings (SSSR count). The first-order chi connectivity index (χ1) is 9.29. The van der Waals surface area contributed by atoms with Crippen molar-refractivity contribution in [2.75, 3.05) is 26.0 Å². The molecule has 6 heteroatoms. The molecular weight excluding hydrogens is 261 g/mol. The summed E-state index contributed by atoms with van der Waals surface area (Å²) in [6.45, 7) is 4.99. The van der Waals surface area contributed by atoms with Crippen LogP contribution in [0.4, 0.5) is 15.8 Å². The van der Waals surface area contributed by atoms with Crippen LogP contribution in [-0.2, 0) is 0 Å². The molecule has 0 heterocycles. The molecule has 1 aromatic carbocycles. The fourth-order valence-corrected chi connectivity index (χ4v) is 2.14. The highest BCUT2D eigenvalue weighted by Gasteiger charge is 2.16. The molecule has 0 saturated heterocycles. The third-order valence-electron chi connectivity index (χ3n) is 2.86. The van der Waals surface area contributed by atoms with E-state index in [0.29, 0.717) is 11.6 Å². The van der Waals surface area contributed by atoms with Crippen molar-refractivity contribution in [1.29, 1.82) is 0 Å². The van der Waals surface area contributed by atoms with Crippen molar-refractivity contribution in [3.63, 3.8) is 0 Å². The van der Waals surface area contributed by atoms with Gasteiger partial charge in [-0.2, -0.15) is 0 Å². The summed E-state index contributed by atoms with van der Waals surface area (Å²) in [7, 11) is 3.92. The predicted molar refractivity (Wildman–Crippen MR) is 78.5 cm³/mol. The van der Waals surface area contributed by atoms with E-state index in [1.807, 2.05) is 19.0 Å². The van der Waals surface area contributed by atoms with E-state index in [0.717, 1.165) is 19.0 Å². The minimum absolute atomic E-state index is 0.0981. The number of nitro groups is 1. The molecule has 5 nitrogen and oxygen atoms in total. The van der Waals surface area contributed by atoms with E-state index < -0.39 is 10.7 Å². The number of nitrogens with one attached hydrogen (secondary N) is 1. The molecule has 1 N–H and O–H groups in total. The van der Waals surface area contributed by atoms with Crippen molar-refractivity contribution >= 4 is 11.4 Å². The molecule has 1 atom stereocenters. The zero-order chi connectivity index (χ0) is 15.3. The van der Waals surface area contributed by atoms with Gasteiger partial charge in [0.25, 0.3) is 5.69 Å². The lowest BCUT2D eigenvalue weighted by molar-refractivity contribution is -0.385. The monoisotopic (exact) mass is 283 g/mol. The lowest BCUT2D eigenvalue weighted by Gasteiger charge is -2.25. The van der Waals surface area contributed by atoms with E-state index in [2.05, 4.69) is 19.2 Å². The lowest BCUT2D eigenvalue weighted by Crippen LogP contribution is -2.33. The van der Waals surface area contributed by atoms with Crippen LogP contribution in [0.3, 0.4) is 0 Å². The number of hydrogen-bond donors (Lipinski definition) is 1. The van der Waals surface area contributed by atoms with Gasteiger partial charge >= 0.3 is 0 Å². The molecule has 0 aliphatic carbocycles. The Morgan fingerprint density at radius 2 is 2.05 bits per heavy atom. The quantitative estimate of drug-likeness (QED) is 0.617. The van der Waals surface area contributed by atoms with E-state index in [-0.39, 0.29) is 11.7 Å². The second-order valence-corrected chi connectivity index (χ2v) is 5.65. The molecule has 0 saturated carbocycles. The number of benzene rings is 1. The van der Waals surface area contributed by atoms with Crippen molar-refractivity contribution in [1.82, 2.24) is 4.90 Å². The second kappa shape index (κ2) is 7.19. The Hall–Kier alpha value is -1.69. The standard InChI is InChI=1S/C14H22FN3O2/c1-10(2)7-11(9-17(3)4)16-14-6-5-12(18(19)20)8-13(14)15/h5-6,8,10-11,16H,7,9H2,1-4H3. The molecule has 0 radical (unpaired) electrons. The molecule has 0 aliphatic rings. The summed E-state index contributed by atoms with van der Waals surface area (Å²) in [6, 6.07) is 3.79. The largest absolute Gasteiger partial charge is 0.379 e. The van der Waals surface area contributed by atoms with Crippen LogP contribution in [0.25, 0.3) is 0 Å². The van der Waals surface area contributed by atoms with Gasteiger partial charge in [0.05, 0.1) is 16.7 Å². The first-order valence-electron chi connectivity index (χ1n) is 6.64. The fourth-order valence-electron chi connectivity index (χ4n) is 2.14. The SMILES string of the molecule is CC(C)CC(CN(C)C)Nc1ccc([N+](=O)[O-])cc1F. The van der Waals surface area contributed by atoms with Gasteiger partial charge < -0.3 is 10.2 Å². The number of halogens is 1. The zero-order valence-corrected chi connectivity index (χ0v) is 12.4. The third kappa shape index (κ3) is 5.13. The average Bonchev–Trinajstić information content (AvgIpc) is 2.29. The molecule has 0 amide bonds. The van der Waals surface area contributed by atoms with Crippen LogP contribution < -0.4 is 5.32 Å². The van der Waals surface area contributed by atoms with Gasteiger partial charge in [-0.25, -0.2) is 4.39 Å². The van der Waals surface area contributed by atoms with E-state index in [1.165, 1.54) is 12.1 Å². The zero-order valence-electron chi connectivity index (χ0n) is 12.4. The van der Waals surface area contributed by atoms with E-state index in [9.17, 15) is 14.5 Å². The van der Waals surface area contributed by atoms with Crippen LogP contribution in [0.5, 0.6) is 0 Å². The van der Waals surface area contributed by atoms with Crippen molar-refractivity contribution in [3.05, 3.63) is 34.1 Å². The topological polar surface area (TPSA) is 58.4 Å². The minimum atomic E-state index is -0.599. The Kier molecular flexibility index (Phi) is 5.88. The summed E-state index contributed by atoms with van der Waals surface area (Å²) < 4.78 is 13.9. The van der Waals surface area contributed by atoms with Gasteiger partial charge in [-0.15, -0.1) is 0 Å². The van der Waals surface area contributed by atoms with Crippen LogP contribution in [0.1, 0.15) is 20.3 Å². The highest BCUT2D eigenvalue weighted by molar-refractivity contribution is 5.50. The van der Waals surface area contributed by atoms with Gasteiger partial charge in [0.1, 0.15) is 0 Å². The van der Waals surface area contributed by atoms with Crippen molar-refractivity contribution in [2.24, 2.45) is 5.92 Å². The van der Waals surface area contributed by atoms with E-state index in [4.69, 9.17) is 0 Å². The van der Waals surface area contributed by atoms with Gasteiger partial charge in [-0.05, 0) is 32.5 Å².